The molecule has 24 heavy (non-hydrogen) atoms. The van der Waals surface area contributed by atoms with E-state index in [-0.39, 0.29) is 0 Å². The molecule has 0 aliphatic rings. The minimum absolute atomic E-state index is 0.308. The van der Waals surface area contributed by atoms with Crippen LogP contribution < -0.4 is 0 Å². The van der Waals surface area contributed by atoms with Crippen LogP contribution in [0.3, 0.4) is 0 Å². The lowest BCUT2D eigenvalue weighted by Gasteiger charge is -2.00. The fourth-order valence-electron chi connectivity index (χ4n) is 2.73. The van der Waals surface area contributed by atoms with Crippen molar-refractivity contribution in [3.63, 3.8) is 0 Å². The fourth-order valence-corrected chi connectivity index (χ4v) is 2.73. The molecule has 0 bridgehead atoms. The van der Waals surface area contributed by atoms with Crippen LogP contribution in [0.5, 0.6) is 0 Å². The summed E-state index contributed by atoms with van der Waals surface area (Å²) in [5.74, 6) is -1.36. The minimum Gasteiger partial charge on any atom is -0.481 e. The molecule has 0 rings (SSSR count). The van der Waals surface area contributed by atoms with Crippen LogP contribution in [0.2, 0.25) is 0 Å². The Balaban J connectivity index is 3.11. The molecule has 140 valence electrons. The van der Waals surface area contributed by atoms with E-state index in [9.17, 15) is 9.59 Å². The molecule has 0 unspecified atom stereocenters. The van der Waals surface area contributed by atoms with Gasteiger partial charge < -0.3 is 10.2 Å². The predicted octanol–water partition coefficient (Wildman–Crippen LogP) is 5.95. The molecule has 0 aromatic heterocycles. The summed E-state index contributed by atoms with van der Waals surface area (Å²) in [5, 5.41) is 17.1. The van der Waals surface area contributed by atoms with Crippen molar-refractivity contribution in [3.8, 4) is 0 Å². The molecule has 0 radical (unpaired) electrons. The zero-order valence-electron chi connectivity index (χ0n) is 15.2. The molecule has 0 spiro atoms. The van der Waals surface area contributed by atoms with Crippen LogP contribution in [-0.2, 0) is 9.59 Å². The van der Waals surface area contributed by atoms with E-state index in [2.05, 4.69) is 12.2 Å². The maximum Gasteiger partial charge on any atom is 0.303 e. The SMILES string of the molecule is O=C(O)CCCCCCC/C=C\CCCCCCCCCC(=O)O. The normalized spacial score (nSPS) is 11.2. The van der Waals surface area contributed by atoms with Gasteiger partial charge in [-0.3, -0.25) is 9.59 Å². The number of carbonyl (C=O) groups is 2. The molecule has 0 atom stereocenters. The average Bonchev–Trinajstić information content (AvgIpc) is 2.53. The summed E-state index contributed by atoms with van der Waals surface area (Å²) in [6.07, 6.45) is 20.9. The summed E-state index contributed by atoms with van der Waals surface area (Å²) in [6.45, 7) is 0. The van der Waals surface area contributed by atoms with Crippen LogP contribution in [0.25, 0.3) is 0 Å². The van der Waals surface area contributed by atoms with Gasteiger partial charge >= 0.3 is 11.9 Å². The Morgan fingerprint density at radius 2 is 0.792 bits per heavy atom. The summed E-state index contributed by atoms with van der Waals surface area (Å²) >= 11 is 0. The van der Waals surface area contributed by atoms with Gasteiger partial charge in [-0.15, -0.1) is 0 Å². The van der Waals surface area contributed by atoms with Gasteiger partial charge in [0.25, 0.3) is 0 Å². The number of rotatable bonds is 18. The number of hydrogen-bond acceptors (Lipinski definition) is 2. The van der Waals surface area contributed by atoms with Crippen LogP contribution in [0.1, 0.15) is 103 Å². The van der Waals surface area contributed by atoms with Gasteiger partial charge in [-0.25, -0.2) is 0 Å². The van der Waals surface area contributed by atoms with Gasteiger partial charge in [0.1, 0.15) is 0 Å². The van der Waals surface area contributed by atoms with Gasteiger partial charge in [-0.1, -0.05) is 63.5 Å². The third-order valence-corrected chi connectivity index (χ3v) is 4.19. The fraction of sp³-hybridized carbons (Fsp3) is 0.800. The molecule has 4 heteroatoms. The van der Waals surface area contributed by atoms with Crippen molar-refractivity contribution >= 4 is 11.9 Å². The molecule has 0 heterocycles. The highest BCUT2D eigenvalue weighted by Crippen LogP contribution is 2.11. The average molecular weight is 341 g/mol. The highest BCUT2D eigenvalue weighted by molar-refractivity contribution is 5.66. The molecular weight excluding hydrogens is 304 g/mol. The lowest BCUT2D eigenvalue weighted by atomic mass is 10.1. The summed E-state index contributed by atoms with van der Waals surface area (Å²) < 4.78 is 0. The van der Waals surface area contributed by atoms with E-state index in [4.69, 9.17) is 10.2 Å². The molecular formula is C20H36O4. The first kappa shape index (κ1) is 22.7. The summed E-state index contributed by atoms with van der Waals surface area (Å²) in [5.41, 5.74) is 0. The van der Waals surface area contributed by atoms with E-state index in [0.29, 0.717) is 12.8 Å². The molecule has 0 aliphatic heterocycles. The quantitative estimate of drug-likeness (QED) is 0.239. The van der Waals surface area contributed by atoms with Crippen molar-refractivity contribution in [1.82, 2.24) is 0 Å². The monoisotopic (exact) mass is 340 g/mol. The zero-order chi connectivity index (χ0) is 17.9. The second-order valence-corrected chi connectivity index (χ2v) is 6.58. The van der Waals surface area contributed by atoms with E-state index >= 15 is 0 Å². The van der Waals surface area contributed by atoms with Gasteiger partial charge in [0.2, 0.25) is 0 Å². The smallest absolute Gasteiger partial charge is 0.303 e. The van der Waals surface area contributed by atoms with Gasteiger partial charge in [-0.2, -0.15) is 0 Å². The lowest BCUT2D eigenvalue weighted by Crippen LogP contribution is -1.93. The van der Waals surface area contributed by atoms with Gasteiger partial charge in [-0.05, 0) is 38.5 Å². The highest BCUT2D eigenvalue weighted by atomic mass is 16.4. The number of aliphatic carboxylic acids is 2. The van der Waals surface area contributed by atoms with E-state index in [0.717, 1.165) is 51.4 Å². The van der Waals surface area contributed by atoms with E-state index in [1.165, 1.54) is 38.5 Å². The number of unbranched alkanes of at least 4 members (excludes halogenated alkanes) is 12. The molecule has 0 saturated carbocycles. The Morgan fingerprint density at radius 3 is 1.12 bits per heavy atom. The molecule has 0 fully saturated rings. The van der Waals surface area contributed by atoms with Crippen LogP contribution in [0.15, 0.2) is 12.2 Å². The maximum atomic E-state index is 10.4. The number of hydrogen-bond donors (Lipinski definition) is 2. The van der Waals surface area contributed by atoms with Crippen LogP contribution in [-0.4, -0.2) is 22.2 Å². The van der Waals surface area contributed by atoms with Crippen molar-refractivity contribution in [2.45, 2.75) is 103 Å². The third-order valence-electron chi connectivity index (χ3n) is 4.19. The third kappa shape index (κ3) is 20.7. The first-order valence-electron chi connectivity index (χ1n) is 9.71. The molecule has 2 N–H and O–H groups in total. The largest absolute Gasteiger partial charge is 0.481 e. The Labute approximate surface area is 147 Å². The second kappa shape index (κ2) is 18.0. The van der Waals surface area contributed by atoms with Crippen molar-refractivity contribution < 1.29 is 19.8 Å². The molecule has 4 nitrogen and oxygen atoms in total. The Morgan fingerprint density at radius 1 is 0.500 bits per heavy atom. The number of carboxylic acid groups (broad SMARTS) is 2. The van der Waals surface area contributed by atoms with Crippen molar-refractivity contribution in [2.75, 3.05) is 0 Å². The number of allylic oxidation sites excluding steroid dienone is 2. The van der Waals surface area contributed by atoms with Gasteiger partial charge in [0.15, 0.2) is 0 Å². The summed E-state index contributed by atoms with van der Waals surface area (Å²) in [7, 11) is 0. The summed E-state index contributed by atoms with van der Waals surface area (Å²) in [4.78, 5) is 20.7. The second-order valence-electron chi connectivity index (χ2n) is 6.58. The minimum atomic E-state index is -0.684. The molecule has 0 saturated heterocycles. The Bertz CT molecular complexity index is 337. The topological polar surface area (TPSA) is 74.6 Å². The zero-order valence-corrected chi connectivity index (χ0v) is 15.2. The highest BCUT2D eigenvalue weighted by Gasteiger charge is 1.97. The standard InChI is InChI=1S/C20H36O4/c21-19(22)17-15-13-11-9-7-5-3-1-2-4-6-8-10-12-14-16-18-20(23)24/h1,3H,2,4-18H2,(H,21,22)(H,23,24)/b3-1-. The number of carboxylic acids is 2. The van der Waals surface area contributed by atoms with E-state index in [1.54, 1.807) is 0 Å². The first-order chi connectivity index (χ1) is 11.6. The van der Waals surface area contributed by atoms with Crippen molar-refractivity contribution in [1.29, 1.82) is 0 Å². The predicted molar refractivity (Wildman–Crippen MR) is 98.3 cm³/mol. The summed E-state index contributed by atoms with van der Waals surface area (Å²) in [6, 6.07) is 0. The van der Waals surface area contributed by atoms with Crippen LogP contribution >= 0.6 is 0 Å². The molecule has 0 aromatic rings. The molecule has 0 aliphatic carbocycles. The van der Waals surface area contributed by atoms with Crippen molar-refractivity contribution in [3.05, 3.63) is 12.2 Å². The van der Waals surface area contributed by atoms with Gasteiger partial charge in [0.05, 0.1) is 0 Å². The van der Waals surface area contributed by atoms with E-state index in [1.807, 2.05) is 0 Å². The molecule has 0 aromatic carbocycles. The van der Waals surface area contributed by atoms with Crippen LogP contribution in [0, 0.1) is 0 Å². The Hall–Kier alpha value is -1.32. The van der Waals surface area contributed by atoms with Gasteiger partial charge in [0, 0.05) is 12.8 Å². The van der Waals surface area contributed by atoms with Crippen LogP contribution in [0.4, 0.5) is 0 Å². The maximum absolute atomic E-state index is 10.4. The van der Waals surface area contributed by atoms with Crippen molar-refractivity contribution in [2.24, 2.45) is 0 Å². The lowest BCUT2D eigenvalue weighted by molar-refractivity contribution is -0.138. The van der Waals surface area contributed by atoms with E-state index < -0.39 is 11.9 Å². The Kier molecular flexibility index (Phi) is 17.0. The first-order valence-corrected chi connectivity index (χ1v) is 9.71. The molecule has 0 amide bonds.